The van der Waals surface area contributed by atoms with Gasteiger partial charge in [0, 0.05) is 0 Å². The fourth-order valence-electron chi connectivity index (χ4n) is 2.80. The van der Waals surface area contributed by atoms with Crippen LogP contribution in [-0.2, 0) is 28.4 Å². The molecular weight excluding hydrogens is 308 g/mol. The summed E-state index contributed by atoms with van der Waals surface area (Å²) in [5.41, 5.74) is 3.40. The molecular formula is C19H32O3S. The molecule has 0 atom stereocenters. The van der Waals surface area contributed by atoms with Crippen LogP contribution in [0.3, 0.4) is 0 Å². The fourth-order valence-corrected chi connectivity index (χ4v) is 3.98. The van der Waals surface area contributed by atoms with Crippen LogP contribution in [0.4, 0.5) is 0 Å². The van der Waals surface area contributed by atoms with E-state index in [-0.39, 0.29) is 18.1 Å². The molecule has 1 aromatic rings. The number of aliphatic hydroxyl groups is 1. The molecule has 1 aromatic carbocycles. The zero-order valence-corrected chi connectivity index (χ0v) is 15.5. The standard InChI is InChI=1S/C19H32O3S/c1-3-5-7-9-17-11-12-19(16-23(21,22)14-13-20)18(15-17)10-8-6-4-2/h11-12,15,20H,3-10,13-14,16H2,1-2H3. The number of rotatable bonds is 12. The summed E-state index contributed by atoms with van der Waals surface area (Å²) in [4.78, 5) is 0. The van der Waals surface area contributed by atoms with Gasteiger partial charge in [0.2, 0.25) is 0 Å². The van der Waals surface area contributed by atoms with Gasteiger partial charge in [0.1, 0.15) is 0 Å². The van der Waals surface area contributed by atoms with Gasteiger partial charge in [-0.3, -0.25) is 0 Å². The summed E-state index contributed by atoms with van der Waals surface area (Å²) < 4.78 is 24.0. The summed E-state index contributed by atoms with van der Waals surface area (Å²) in [5, 5.41) is 8.91. The molecule has 1 rings (SSSR count). The molecule has 0 aromatic heterocycles. The maximum Gasteiger partial charge on any atom is 0.156 e. The van der Waals surface area contributed by atoms with Crippen molar-refractivity contribution >= 4 is 9.84 Å². The zero-order valence-electron chi connectivity index (χ0n) is 14.7. The molecule has 0 amide bonds. The molecule has 0 saturated carbocycles. The highest BCUT2D eigenvalue weighted by molar-refractivity contribution is 7.90. The summed E-state index contributed by atoms with van der Waals surface area (Å²) in [6.07, 6.45) is 9.07. The van der Waals surface area contributed by atoms with Crippen molar-refractivity contribution in [2.75, 3.05) is 12.4 Å². The topological polar surface area (TPSA) is 54.4 Å². The lowest BCUT2D eigenvalue weighted by Gasteiger charge is -2.12. The van der Waals surface area contributed by atoms with Crippen molar-refractivity contribution in [1.82, 2.24) is 0 Å². The zero-order chi connectivity index (χ0) is 17.1. The first-order chi connectivity index (χ1) is 11.0. The van der Waals surface area contributed by atoms with Gasteiger partial charge in [-0.2, -0.15) is 0 Å². The van der Waals surface area contributed by atoms with Crippen molar-refractivity contribution in [3.8, 4) is 0 Å². The number of hydrogen-bond donors (Lipinski definition) is 1. The first kappa shape index (κ1) is 20.2. The van der Waals surface area contributed by atoms with E-state index in [0.29, 0.717) is 0 Å². The number of hydrogen-bond acceptors (Lipinski definition) is 3. The van der Waals surface area contributed by atoms with Gasteiger partial charge in [0.25, 0.3) is 0 Å². The summed E-state index contributed by atoms with van der Waals surface area (Å²) in [6.45, 7) is 4.07. The Morgan fingerprint density at radius 3 is 2.17 bits per heavy atom. The summed E-state index contributed by atoms with van der Waals surface area (Å²) in [5.74, 6) is -0.107. The number of unbranched alkanes of at least 4 members (excludes halogenated alkanes) is 4. The van der Waals surface area contributed by atoms with Gasteiger partial charge in [-0.05, 0) is 42.4 Å². The molecule has 0 fully saturated rings. The molecule has 1 N–H and O–H groups in total. The maximum absolute atomic E-state index is 12.0. The van der Waals surface area contributed by atoms with Crippen molar-refractivity contribution in [1.29, 1.82) is 0 Å². The monoisotopic (exact) mass is 340 g/mol. The van der Waals surface area contributed by atoms with E-state index in [0.717, 1.165) is 31.2 Å². The van der Waals surface area contributed by atoms with Crippen LogP contribution in [0.2, 0.25) is 0 Å². The molecule has 0 aliphatic heterocycles. The number of benzene rings is 1. The van der Waals surface area contributed by atoms with E-state index in [1.54, 1.807) is 0 Å². The molecule has 0 saturated heterocycles. The summed E-state index contributed by atoms with van der Waals surface area (Å²) in [6, 6.07) is 6.26. The molecule has 0 aliphatic rings. The van der Waals surface area contributed by atoms with Crippen LogP contribution in [-0.4, -0.2) is 25.9 Å². The maximum atomic E-state index is 12.0. The van der Waals surface area contributed by atoms with Gasteiger partial charge in [0.15, 0.2) is 9.84 Å². The Morgan fingerprint density at radius 2 is 1.57 bits per heavy atom. The lowest BCUT2D eigenvalue weighted by Crippen LogP contribution is -2.13. The number of sulfone groups is 1. The third kappa shape index (κ3) is 7.98. The fraction of sp³-hybridized carbons (Fsp3) is 0.684. The Bertz CT molecular complexity index is 550. The lowest BCUT2D eigenvalue weighted by molar-refractivity contribution is 0.319. The Morgan fingerprint density at radius 1 is 0.913 bits per heavy atom. The van der Waals surface area contributed by atoms with Crippen LogP contribution < -0.4 is 0 Å². The van der Waals surface area contributed by atoms with Gasteiger partial charge in [0.05, 0.1) is 18.1 Å². The van der Waals surface area contributed by atoms with Crippen LogP contribution in [0.15, 0.2) is 18.2 Å². The van der Waals surface area contributed by atoms with Gasteiger partial charge in [-0.25, -0.2) is 8.42 Å². The number of aryl methyl sites for hydroxylation is 2. The van der Waals surface area contributed by atoms with Crippen LogP contribution >= 0.6 is 0 Å². The second-order valence-corrected chi connectivity index (χ2v) is 8.52. The molecule has 0 aliphatic carbocycles. The second-order valence-electron chi connectivity index (χ2n) is 6.33. The predicted molar refractivity (Wildman–Crippen MR) is 97.5 cm³/mol. The third-order valence-corrected chi connectivity index (χ3v) is 5.72. The Kier molecular flexibility index (Phi) is 9.49. The van der Waals surface area contributed by atoms with Crippen LogP contribution in [0.25, 0.3) is 0 Å². The van der Waals surface area contributed by atoms with Gasteiger partial charge < -0.3 is 5.11 Å². The van der Waals surface area contributed by atoms with Crippen LogP contribution in [0.5, 0.6) is 0 Å². The molecule has 0 unspecified atom stereocenters. The minimum atomic E-state index is -3.22. The van der Waals surface area contributed by atoms with Gasteiger partial charge in [-0.1, -0.05) is 57.7 Å². The van der Waals surface area contributed by atoms with E-state index in [1.165, 1.54) is 36.8 Å². The molecule has 0 radical (unpaired) electrons. The van der Waals surface area contributed by atoms with Gasteiger partial charge >= 0.3 is 0 Å². The Hall–Kier alpha value is -0.870. The van der Waals surface area contributed by atoms with Crippen molar-refractivity contribution in [2.24, 2.45) is 0 Å². The average Bonchev–Trinajstić information content (AvgIpc) is 2.50. The average molecular weight is 341 g/mol. The van der Waals surface area contributed by atoms with Crippen LogP contribution in [0, 0.1) is 0 Å². The van der Waals surface area contributed by atoms with E-state index in [9.17, 15) is 8.42 Å². The first-order valence-corrected chi connectivity index (χ1v) is 10.8. The SMILES string of the molecule is CCCCCc1ccc(CS(=O)(=O)CCO)c(CCCCC)c1. The van der Waals surface area contributed by atoms with E-state index < -0.39 is 9.84 Å². The molecule has 3 nitrogen and oxygen atoms in total. The van der Waals surface area contributed by atoms with Crippen molar-refractivity contribution in [3.05, 3.63) is 34.9 Å². The van der Waals surface area contributed by atoms with Gasteiger partial charge in [-0.15, -0.1) is 0 Å². The molecule has 0 bridgehead atoms. The number of aliphatic hydroxyl groups excluding tert-OH is 1. The van der Waals surface area contributed by atoms with E-state index >= 15 is 0 Å². The highest BCUT2D eigenvalue weighted by Gasteiger charge is 2.14. The first-order valence-electron chi connectivity index (χ1n) is 8.94. The largest absolute Gasteiger partial charge is 0.395 e. The van der Waals surface area contributed by atoms with Crippen molar-refractivity contribution in [3.63, 3.8) is 0 Å². The van der Waals surface area contributed by atoms with E-state index in [1.807, 2.05) is 6.07 Å². The molecule has 0 spiro atoms. The van der Waals surface area contributed by atoms with Crippen molar-refractivity contribution < 1.29 is 13.5 Å². The van der Waals surface area contributed by atoms with Crippen molar-refractivity contribution in [2.45, 2.75) is 71.0 Å². The molecule has 23 heavy (non-hydrogen) atoms. The van der Waals surface area contributed by atoms with E-state index in [2.05, 4.69) is 26.0 Å². The van der Waals surface area contributed by atoms with Crippen LogP contribution in [0.1, 0.15) is 69.1 Å². The minimum absolute atomic E-state index is 0.0459. The smallest absolute Gasteiger partial charge is 0.156 e. The predicted octanol–water partition coefficient (Wildman–Crippen LogP) is 4.06. The van der Waals surface area contributed by atoms with E-state index in [4.69, 9.17) is 5.11 Å². The Balaban J connectivity index is 2.89. The highest BCUT2D eigenvalue weighted by atomic mass is 32.2. The normalized spacial score (nSPS) is 11.8. The third-order valence-electron chi connectivity index (χ3n) is 4.17. The second kappa shape index (κ2) is 10.8. The minimum Gasteiger partial charge on any atom is -0.395 e. The summed E-state index contributed by atoms with van der Waals surface area (Å²) in [7, 11) is -3.22. The molecule has 0 heterocycles. The highest BCUT2D eigenvalue weighted by Crippen LogP contribution is 2.20. The summed E-state index contributed by atoms with van der Waals surface area (Å²) >= 11 is 0. The quantitative estimate of drug-likeness (QED) is 0.584. The Labute approximate surface area is 142 Å². The molecule has 132 valence electrons. The molecule has 4 heteroatoms. The lowest BCUT2D eigenvalue weighted by atomic mass is 9.97.